The summed E-state index contributed by atoms with van der Waals surface area (Å²) in [5, 5.41) is 0.00786. The van der Waals surface area contributed by atoms with Crippen LogP contribution in [0.4, 0.5) is 0 Å². The molecule has 0 fully saturated rings. The highest BCUT2D eigenvalue weighted by Crippen LogP contribution is 2.07. The van der Waals surface area contributed by atoms with Crippen molar-refractivity contribution in [3.8, 4) is 0 Å². The second-order valence-corrected chi connectivity index (χ2v) is 5.66. The topological polar surface area (TPSA) is 46.2 Å². The number of hydrogen-bond acceptors (Lipinski definition) is 3. The first kappa shape index (κ1) is 11.6. The van der Waals surface area contributed by atoms with Gasteiger partial charge in [-0.25, -0.2) is 13.1 Å². The molecule has 0 radical (unpaired) electrons. The maximum absolute atomic E-state index is 11.6. The van der Waals surface area contributed by atoms with E-state index in [1.807, 2.05) is 6.92 Å². The normalized spacial score (nSPS) is 13.9. The maximum atomic E-state index is 11.6. The van der Waals surface area contributed by atoms with Crippen molar-refractivity contribution in [1.29, 1.82) is 0 Å². The second-order valence-electron chi connectivity index (χ2n) is 3.01. The van der Waals surface area contributed by atoms with Crippen LogP contribution in [0.2, 0.25) is 0 Å². The van der Waals surface area contributed by atoms with E-state index in [1.54, 1.807) is 30.3 Å². The van der Waals surface area contributed by atoms with Crippen molar-refractivity contribution in [2.24, 2.45) is 0 Å². The average Bonchev–Trinajstić information content (AvgIpc) is 2.16. The van der Waals surface area contributed by atoms with Crippen molar-refractivity contribution in [2.45, 2.75) is 17.1 Å². The summed E-state index contributed by atoms with van der Waals surface area (Å²) in [6.45, 7) is 2.16. The Balaban J connectivity index is 2.77. The molecule has 5 heteroatoms. The predicted molar refractivity (Wildman–Crippen MR) is 60.1 cm³/mol. The number of benzene rings is 1. The summed E-state index contributed by atoms with van der Waals surface area (Å²) in [5.74, 6) is 0. The van der Waals surface area contributed by atoms with Gasteiger partial charge in [0, 0.05) is 11.8 Å². The zero-order chi connectivity index (χ0) is 10.6. The van der Waals surface area contributed by atoms with Gasteiger partial charge in [-0.1, -0.05) is 25.1 Å². The molecular formula is C9H13NO2S2. The van der Waals surface area contributed by atoms with Crippen LogP contribution in [0, 0.1) is 0 Å². The van der Waals surface area contributed by atoms with E-state index in [2.05, 4.69) is 17.4 Å². The standard InChI is InChI=1S/C9H13NO2S2/c1-8(13)7-10-14(11,12)9-5-3-2-4-6-9/h2-6,8,10,13H,7H2,1H3. The van der Waals surface area contributed by atoms with Crippen LogP contribution in [0.1, 0.15) is 6.92 Å². The molecule has 1 aromatic carbocycles. The molecule has 0 saturated carbocycles. The summed E-state index contributed by atoms with van der Waals surface area (Å²) in [5.41, 5.74) is 0. The third-order valence-electron chi connectivity index (χ3n) is 1.62. The Labute approximate surface area is 90.0 Å². The molecule has 0 aliphatic carbocycles. The van der Waals surface area contributed by atoms with Crippen LogP contribution in [0.5, 0.6) is 0 Å². The molecule has 0 bridgehead atoms. The van der Waals surface area contributed by atoms with Gasteiger partial charge < -0.3 is 0 Å². The van der Waals surface area contributed by atoms with Crippen molar-refractivity contribution in [3.63, 3.8) is 0 Å². The average molecular weight is 231 g/mol. The van der Waals surface area contributed by atoms with Gasteiger partial charge in [0.15, 0.2) is 0 Å². The number of rotatable bonds is 4. The van der Waals surface area contributed by atoms with Crippen LogP contribution in [0.25, 0.3) is 0 Å². The van der Waals surface area contributed by atoms with Crippen LogP contribution >= 0.6 is 12.6 Å². The van der Waals surface area contributed by atoms with Gasteiger partial charge in [0.1, 0.15) is 0 Å². The van der Waals surface area contributed by atoms with E-state index >= 15 is 0 Å². The Morgan fingerprint density at radius 1 is 1.36 bits per heavy atom. The van der Waals surface area contributed by atoms with Crippen LogP contribution in [-0.2, 0) is 10.0 Å². The van der Waals surface area contributed by atoms with Crippen LogP contribution in [0.15, 0.2) is 35.2 Å². The molecule has 78 valence electrons. The lowest BCUT2D eigenvalue weighted by Crippen LogP contribution is -2.28. The van der Waals surface area contributed by atoms with Crippen LogP contribution in [-0.4, -0.2) is 20.2 Å². The minimum absolute atomic E-state index is 0.00786. The van der Waals surface area contributed by atoms with Gasteiger partial charge in [0.05, 0.1) is 4.90 Å². The van der Waals surface area contributed by atoms with Crippen LogP contribution < -0.4 is 4.72 Å². The molecule has 0 heterocycles. The molecule has 14 heavy (non-hydrogen) atoms. The van der Waals surface area contributed by atoms with Crippen LogP contribution in [0.3, 0.4) is 0 Å². The molecule has 1 N–H and O–H groups in total. The summed E-state index contributed by atoms with van der Waals surface area (Å²) < 4.78 is 25.7. The van der Waals surface area contributed by atoms with Gasteiger partial charge in [0.2, 0.25) is 10.0 Å². The molecular weight excluding hydrogens is 218 g/mol. The maximum Gasteiger partial charge on any atom is 0.240 e. The summed E-state index contributed by atoms with van der Waals surface area (Å²) in [6, 6.07) is 8.29. The largest absolute Gasteiger partial charge is 0.240 e. The third kappa shape index (κ3) is 3.32. The molecule has 0 aliphatic heterocycles. The number of thiol groups is 1. The monoisotopic (exact) mass is 231 g/mol. The van der Waals surface area contributed by atoms with E-state index in [4.69, 9.17) is 0 Å². The summed E-state index contributed by atoms with van der Waals surface area (Å²) in [6.07, 6.45) is 0. The molecule has 1 atom stereocenters. The quantitative estimate of drug-likeness (QED) is 0.767. The lowest BCUT2D eigenvalue weighted by molar-refractivity contribution is 0.581. The van der Waals surface area contributed by atoms with Gasteiger partial charge >= 0.3 is 0 Å². The van der Waals surface area contributed by atoms with Crippen molar-refractivity contribution in [3.05, 3.63) is 30.3 Å². The molecule has 0 spiro atoms. The first-order valence-corrected chi connectivity index (χ1v) is 6.25. The zero-order valence-electron chi connectivity index (χ0n) is 7.84. The highest BCUT2D eigenvalue weighted by molar-refractivity contribution is 7.89. The predicted octanol–water partition coefficient (Wildman–Crippen LogP) is 1.28. The first-order chi connectivity index (χ1) is 6.52. The van der Waals surface area contributed by atoms with E-state index in [9.17, 15) is 8.42 Å². The highest BCUT2D eigenvalue weighted by Gasteiger charge is 2.12. The third-order valence-corrected chi connectivity index (χ3v) is 3.24. The van der Waals surface area contributed by atoms with Gasteiger partial charge in [-0.05, 0) is 12.1 Å². The lowest BCUT2D eigenvalue weighted by Gasteiger charge is -2.07. The van der Waals surface area contributed by atoms with Gasteiger partial charge in [-0.2, -0.15) is 12.6 Å². The fourth-order valence-electron chi connectivity index (χ4n) is 0.913. The summed E-state index contributed by atoms with van der Waals surface area (Å²) in [7, 11) is -3.35. The fraction of sp³-hybridized carbons (Fsp3) is 0.333. The van der Waals surface area contributed by atoms with E-state index in [0.717, 1.165) is 0 Å². The minimum atomic E-state index is -3.35. The van der Waals surface area contributed by atoms with Crippen molar-refractivity contribution in [1.82, 2.24) is 4.72 Å². The van der Waals surface area contributed by atoms with E-state index < -0.39 is 10.0 Å². The van der Waals surface area contributed by atoms with E-state index in [1.165, 1.54) is 0 Å². The number of sulfonamides is 1. The molecule has 0 saturated heterocycles. The Morgan fingerprint density at radius 3 is 2.43 bits per heavy atom. The van der Waals surface area contributed by atoms with Gasteiger partial charge in [0.25, 0.3) is 0 Å². The second kappa shape index (κ2) is 4.82. The number of hydrogen-bond donors (Lipinski definition) is 2. The first-order valence-electron chi connectivity index (χ1n) is 4.25. The highest BCUT2D eigenvalue weighted by atomic mass is 32.2. The lowest BCUT2D eigenvalue weighted by atomic mass is 10.4. The summed E-state index contributed by atoms with van der Waals surface area (Å²) in [4.78, 5) is 0.286. The van der Waals surface area contributed by atoms with Crippen molar-refractivity contribution < 1.29 is 8.42 Å². The van der Waals surface area contributed by atoms with E-state index in [-0.39, 0.29) is 10.1 Å². The minimum Gasteiger partial charge on any atom is -0.210 e. The molecule has 0 aromatic heterocycles. The SMILES string of the molecule is CC(S)CNS(=O)(=O)c1ccccc1. The summed E-state index contributed by atoms with van der Waals surface area (Å²) >= 11 is 4.10. The van der Waals surface area contributed by atoms with Crippen molar-refractivity contribution in [2.75, 3.05) is 6.54 Å². The van der Waals surface area contributed by atoms with E-state index in [0.29, 0.717) is 6.54 Å². The Kier molecular flexibility index (Phi) is 3.97. The Bertz CT molecular complexity index is 373. The van der Waals surface area contributed by atoms with Gasteiger partial charge in [-0.3, -0.25) is 0 Å². The van der Waals surface area contributed by atoms with Crippen molar-refractivity contribution >= 4 is 22.7 Å². The molecule has 1 rings (SSSR count). The molecule has 3 nitrogen and oxygen atoms in total. The fourth-order valence-corrected chi connectivity index (χ4v) is 2.28. The smallest absolute Gasteiger partial charge is 0.210 e. The molecule has 0 aliphatic rings. The zero-order valence-corrected chi connectivity index (χ0v) is 9.55. The van der Waals surface area contributed by atoms with Gasteiger partial charge in [-0.15, -0.1) is 0 Å². The Hall–Kier alpha value is -0.520. The Morgan fingerprint density at radius 2 is 1.93 bits per heavy atom. The number of nitrogens with one attached hydrogen (secondary N) is 1. The molecule has 0 amide bonds. The molecule has 1 aromatic rings. The molecule has 1 unspecified atom stereocenters.